The lowest BCUT2D eigenvalue weighted by molar-refractivity contribution is -0.136. The highest BCUT2D eigenvalue weighted by Crippen LogP contribution is 2.24. The van der Waals surface area contributed by atoms with Gasteiger partial charge in [-0.3, -0.25) is 9.59 Å². The fraction of sp³-hybridized carbons (Fsp3) is 0.143. The van der Waals surface area contributed by atoms with Crippen molar-refractivity contribution in [3.63, 3.8) is 0 Å². The summed E-state index contributed by atoms with van der Waals surface area (Å²) in [5.74, 6) is -1.49. The van der Waals surface area contributed by atoms with Crippen molar-refractivity contribution in [2.75, 3.05) is 5.32 Å². The molecule has 0 aliphatic carbocycles. The van der Waals surface area contributed by atoms with E-state index in [9.17, 15) is 14.7 Å². The van der Waals surface area contributed by atoms with Gasteiger partial charge in [-0.15, -0.1) is 0 Å². The Hall–Kier alpha value is -2.56. The number of carbonyl (C=O) groups excluding carboxylic acids is 1. The molecular formula is C14H15NO4. The van der Waals surface area contributed by atoms with Crippen molar-refractivity contribution in [2.24, 2.45) is 0 Å². The quantitative estimate of drug-likeness (QED) is 0.430. The number of aromatic hydroxyl groups is 1. The normalized spacial score (nSPS) is 11.0. The smallest absolute Gasteiger partial charge is 0.307 e. The largest absolute Gasteiger partial charge is 0.506 e. The molecule has 5 nitrogen and oxygen atoms in total. The van der Waals surface area contributed by atoms with Crippen LogP contribution in [0.5, 0.6) is 5.75 Å². The Morgan fingerprint density at radius 2 is 2.05 bits per heavy atom. The number of nitrogens with one attached hydrogen (secondary N) is 1. The van der Waals surface area contributed by atoms with E-state index in [1.807, 2.05) is 6.92 Å². The van der Waals surface area contributed by atoms with Gasteiger partial charge in [-0.1, -0.05) is 24.3 Å². The van der Waals surface area contributed by atoms with E-state index < -0.39 is 11.9 Å². The Morgan fingerprint density at radius 1 is 1.32 bits per heavy atom. The molecule has 5 heteroatoms. The Bertz CT molecular complexity index is 532. The molecule has 0 fully saturated rings. The molecule has 100 valence electrons. The van der Waals surface area contributed by atoms with E-state index in [-0.39, 0.29) is 17.9 Å². The molecule has 0 radical (unpaired) electrons. The standard InChI is InChI=1S/C14H15NO4/c1-2-3-4-5-13(17)15-11-8-10(9-14(18)19)6-7-12(11)16/h2-8,16H,9H2,1H3,(H,15,17)(H,18,19)/b3-2+,5-4+. The first kappa shape index (κ1) is 14.5. The minimum absolute atomic E-state index is 0.109. The molecule has 0 aliphatic heterocycles. The molecule has 0 aliphatic rings. The highest BCUT2D eigenvalue weighted by molar-refractivity contribution is 6.00. The van der Waals surface area contributed by atoms with E-state index in [1.54, 1.807) is 18.2 Å². The summed E-state index contributed by atoms with van der Waals surface area (Å²) < 4.78 is 0. The molecule has 0 heterocycles. The van der Waals surface area contributed by atoms with E-state index in [0.29, 0.717) is 5.56 Å². The number of benzene rings is 1. The first-order chi connectivity index (χ1) is 9.02. The van der Waals surface area contributed by atoms with Crippen LogP contribution >= 0.6 is 0 Å². The van der Waals surface area contributed by atoms with Gasteiger partial charge in [-0.25, -0.2) is 0 Å². The number of anilines is 1. The highest BCUT2D eigenvalue weighted by atomic mass is 16.4. The molecule has 0 unspecified atom stereocenters. The van der Waals surface area contributed by atoms with Crippen LogP contribution in [0.25, 0.3) is 0 Å². The van der Waals surface area contributed by atoms with Gasteiger partial charge in [0, 0.05) is 6.08 Å². The van der Waals surface area contributed by atoms with Gasteiger partial charge < -0.3 is 15.5 Å². The van der Waals surface area contributed by atoms with Crippen LogP contribution in [0.1, 0.15) is 12.5 Å². The van der Waals surface area contributed by atoms with Gasteiger partial charge in [0.05, 0.1) is 12.1 Å². The Labute approximate surface area is 110 Å². The average molecular weight is 261 g/mol. The lowest BCUT2D eigenvalue weighted by atomic mass is 10.1. The molecule has 0 aromatic heterocycles. The number of phenolic OH excluding ortho intramolecular Hbond substituents is 1. The highest BCUT2D eigenvalue weighted by Gasteiger charge is 2.07. The number of carboxylic acids is 1. The Morgan fingerprint density at radius 3 is 2.68 bits per heavy atom. The number of rotatable bonds is 5. The number of hydrogen-bond acceptors (Lipinski definition) is 3. The van der Waals surface area contributed by atoms with Gasteiger partial charge in [-0.2, -0.15) is 0 Å². The molecule has 1 rings (SSSR count). The second-order valence-corrected chi connectivity index (χ2v) is 3.80. The minimum Gasteiger partial charge on any atom is -0.506 e. The van der Waals surface area contributed by atoms with Crippen LogP contribution in [0, 0.1) is 0 Å². The van der Waals surface area contributed by atoms with Crippen molar-refractivity contribution < 1.29 is 19.8 Å². The zero-order valence-corrected chi connectivity index (χ0v) is 10.5. The number of allylic oxidation sites excluding steroid dienone is 3. The van der Waals surface area contributed by atoms with Crippen LogP contribution in [0.3, 0.4) is 0 Å². The fourth-order valence-electron chi connectivity index (χ4n) is 1.40. The predicted molar refractivity (Wildman–Crippen MR) is 72.0 cm³/mol. The number of amides is 1. The molecule has 1 aromatic carbocycles. The summed E-state index contributed by atoms with van der Waals surface area (Å²) in [6.07, 6.45) is 6.17. The maximum Gasteiger partial charge on any atom is 0.307 e. The second-order valence-electron chi connectivity index (χ2n) is 3.80. The third-order valence-corrected chi connectivity index (χ3v) is 2.23. The van der Waals surface area contributed by atoms with Crippen molar-refractivity contribution in [2.45, 2.75) is 13.3 Å². The van der Waals surface area contributed by atoms with Gasteiger partial charge in [-0.05, 0) is 24.6 Å². The summed E-state index contributed by atoms with van der Waals surface area (Å²) in [6.45, 7) is 1.82. The summed E-state index contributed by atoms with van der Waals surface area (Å²) >= 11 is 0. The minimum atomic E-state index is -0.976. The van der Waals surface area contributed by atoms with Crippen molar-refractivity contribution in [3.05, 3.63) is 48.1 Å². The van der Waals surface area contributed by atoms with Crippen molar-refractivity contribution >= 4 is 17.6 Å². The molecule has 0 saturated carbocycles. The second kappa shape index (κ2) is 7.00. The van der Waals surface area contributed by atoms with Gasteiger partial charge in [0.15, 0.2) is 0 Å². The molecule has 19 heavy (non-hydrogen) atoms. The maximum atomic E-state index is 11.5. The molecule has 1 amide bonds. The number of aliphatic carboxylic acids is 1. The number of carboxylic acid groups (broad SMARTS) is 1. The lowest BCUT2D eigenvalue weighted by Crippen LogP contribution is -2.09. The van der Waals surface area contributed by atoms with Crippen molar-refractivity contribution in [3.8, 4) is 5.75 Å². The van der Waals surface area contributed by atoms with Crippen LogP contribution in [-0.2, 0) is 16.0 Å². The monoisotopic (exact) mass is 261 g/mol. The molecule has 0 bridgehead atoms. The van der Waals surface area contributed by atoms with Crippen molar-refractivity contribution in [1.29, 1.82) is 0 Å². The molecule has 0 saturated heterocycles. The zero-order valence-electron chi connectivity index (χ0n) is 10.5. The lowest BCUT2D eigenvalue weighted by Gasteiger charge is -2.07. The first-order valence-electron chi connectivity index (χ1n) is 5.67. The van der Waals surface area contributed by atoms with Crippen molar-refractivity contribution in [1.82, 2.24) is 0 Å². The maximum absolute atomic E-state index is 11.5. The Balaban J connectivity index is 2.82. The topological polar surface area (TPSA) is 86.6 Å². The van der Waals surface area contributed by atoms with Crippen LogP contribution in [0.15, 0.2) is 42.5 Å². The SMILES string of the molecule is C/C=C/C=C/C(=O)Nc1cc(CC(=O)O)ccc1O. The van der Waals surface area contributed by atoms with Crippen LogP contribution in [0.2, 0.25) is 0 Å². The number of phenols is 1. The third-order valence-electron chi connectivity index (χ3n) is 2.23. The Kier molecular flexibility index (Phi) is 5.35. The van der Waals surface area contributed by atoms with Gasteiger partial charge in [0.25, 0.3) is 0 Å². The third kappa shape index (κ3) is 5.08. The van der Waals surface area contributed by atoms with Crippen LogP contribution in [-0.4, -0.2) is 22.1 Å². The number of carbonyl (C=O) groups is 2. The summed E-state index contributed by atoms with van der Waals surface area (Å²) in [4.78, 5) is 22.1. The molecule has 1 aromatic rings. The summed E-state index contributed by atoms with van der Waals surface area (Å²) in [5, 5.41) is 20.8. The van der Waals surface area contributed by atoms with E-state index in [2.05, 4.69) is 5.32 Å². The van der Waals surface area contributed by atoms with Crippen LogP contribution in [0.4, 0.5) is 5.69 Å². The van der Waals surface area contributed by atoms with Crippen LogP contribution < -0.4 is 5.32 Å². The molecule has 3 N–H and O–H groups in total. The zero-order chi connectivity index (χ0) is 14.3. The van der Waals surface area contributed by atoms with Gasteiger partial charge in [0.2, 0.25) is 5.91 Å². The molecule has 0 spiro atoms. The van der Waals surface area contributed by atoms with E-state index in [1.165, 1.54) is 24.3 Å². The summed E-state index contributed by atoms with van der Waals surface area (Å²) in [5.41, 5.74) is 0.687. The van der Waals surface area contributed by atoms with E-state index in [4.69, 9.17) is 5.11 Å². The molecular weight excluding hydrogens is 246 g/mol. The fourth-order valence-corrected chi connectivity index (χ4v) is 1.40. The predicted octanol–water partition coefficient (Wildman–Crippen LogP) is 2.09. The summed E-state index contributed by atoms with van der Waals surface area (Å²) in [7, 11) is 0. The van der Waals surface area contributed by atoms with E-state index >= 15 is 0 Å². The summed E-state index contributed by atoms with van der Waals surface area (Å²) in [6, 6.07) is 4.28. The first-order valence-corrected chi connectivity index (χ1v) is 5.67. The average Bonchev–Trinajstić information content (AvgIpc) is 2.33. The van der Waals surface area contributed by atoms with Gasteiger partial charge in [0.1, 0.15) is 5.75 Å². The van der Waals surface area contributed by atoms with E-state index in [0.717, 1.165) is 0 Å². The van der Waals surface area contributed by atoms with Gasteiger partial charge >= 0.3 is 5.97 Å². The number of hydrogen-bond donors (Lipinski definition) is 3. The molecule has 0 atom stereocenters.